The monoisotopic (exact) mass is 351 g/mol. The lowest BCUT2D eigenvalue weighted by Gasteiger charge is -2.04. The fourth-order valence-corrected chi connectivity index (χ4v) is 2.39. The summed E-state index contributed by atoms with van der Waals surface area (Å²) in [6, 6.07) is 16.5. The third-order valence-corrected chi connectivity index (χ3v) is 3.93. The summed E-state index contributed by atoms with van der Waals surface area (Å²) in [6.07, 6.45) is 0. The Hall–Kier alpha value is -3.21. The highest BCUT2D eigenvalue weighted by Crippen LogP contribution is 2.17. The van der Waals surface area contributed by atoms with Crippen LogP contribution >= 0.6 is 0 Å². The first-order chi connectivity index (χ1) is 12.3. The van der Waals surface area contributed by atoms with Crippen LogP contribution in [-0.2, 0) is 0 Å². The number of carbonyl (C=O) groups is 2. The number of hydrogen-bond acceptors (Lipinski definition) is 3. The molecule has 5 nitrogen and oxygen atoms in total. The van der Waals surface area contributed by atoms with Gasteiger partial charge in [0.05, 0.1) is 16.6 Å². The van der Waals surface area contributed by atoms with Crippen molar-refractivity contribution in [3.63, 3.8) is 0 Å². The Morgan fingerprint density at radius 3 is 2.23 bits per heavy atom. The number of carboxylic acids is 2. The Balaban J connectivity index is 0.000000187. The molecule has 0 aliphatic carbocycles. The molecule has 5 heteroatoms. The summed E-state index contributed by atoms with van der Waals surface area (Å²) in [6.45, 7) is 5.95. The van der Waals surface area contributed by atoms with E-state index in [0.29, 0.717) is 11.5 Å². The first kappa shape index (κ1) is 19.1. The molecule has 3 rings (SSSR count). The second kappa shape index (κ2) is 8.25. The molecule has 0 radical (unpaired) electrons. The van der Waals surface area contributed by atoms with E-state index in [2.05, 4.69) is 43.1 Å². The van der Waals surface area contributed by atoms with Gasteiger partial charge in [0.1, 0.15) is 0 Å². The Bertz CT molecular complexity index is 948. The number of fused-ring (bicyclic) bond motifs is 1. The zero-order valence-electron chi connectivity index (χ0n) is 14.9. The van der Waals surface area contributed by atoms with E-state index >= 15 is 0 Å². The molecule has 0 amide bonds. The van der Waals surface area contributed by atoms with Gasteiger partial charge < -0.3 is 10.2 Å². The Morgan fingerprint density at radius 2 is 1.62 bits per heavy atom. The minimum atomic E-state index is -1.12. The summed E-state index contributed by atoms with van der Waals surface area (Å²) in [5, 5.41) is 18.5. The molecule has 0 saturated heterocycles. The fourth-order valence-electron chi connectivity index (χ4n) is 2.39. The van der Waals surface area contributed by atoms with E-state index in [9.17, 15) is 9.59 Å². The zero-order chi connectivity index (χ0) is 19.3. The topological polar surface area (TPSA) is 87.5 Å². The summed E-state index contributed by atoms with van der Waals surface area (Å²) >= 11 is 0. The second-order valence-electron chi connectivity index (χ2n) is 6.22. The largest absolute Gasteiger partial charge is 0.478 e. The first-order valence-electron chi connectivity index (χ1n) is 8.22. The molecule has 0 fully saturated rings. The van der Waals surface area contributed by atoms with Crippen LogP contribution in [0, 0.1) is 6.92 Å². The number of aromatic carboxylic acids is 2. The number of benzene rings is 2. The highest BCUT2D eigenvalue weighted by molar-refractivity contribution is 5.94. The molecule has 2 aromatic carbocycles. The van der Waals surface area contributed by atoms with Crippen LogP contribution in [-0.4, -0.2) is 27.1 Å². The first-order valence-corrected chi connectivity index (χ1v) is 8.22. The number of para-hydroxylation sites is 1. The molecular formula is C21H21NO4. The number of nitrogens with zero attached hydrogens (tertiary/aromatic N) is 1. The van der Waals surface area contributed by atoms with Crippen LogP contribution in [0.15, 0.2) is 54.6 Å². The van der Waals surface area contributed by atoms with Gasteiger partial charge in [-0.25, -0.2) is 9.59 Å². The van der Waals surface area contributed by atoms with Gasteiger partial charge in [-0.1, -0.05) is 44.2 Å². The van der Waals surface area contributed by atoms with E-state index in [1.54, 1.807) is 6.92 Å². The van der Waals surface area contributed by atoms with Crippen LogP contribution < -0.4 is 0 Å². The maximum Gasteiger partial charge on any atom is 0.335 e. The van der Waals surface area contributed by atoms with Gasteiger partial charge in [-0.2, -0.15) is 0 Å². The molecule has 1 aromatic heterocycles. The van der Waals surface area contributed by atoms with E-state index < -0.39 is 11.9 Å². The van der Waals surface area contributed by atoms with Gasteiger partial charge in [-0.3, -0.25) is 4.98 Å². The van der Waals surface area contributed by atoms with Crippen molar-refractivity contribution in [2.24, 2.45) is 0 Å². The number of aromatic nitrogens is 1. The number of aryl methyl sites for hydroxylation is 1. The minimum Gasteiger partial charge on any atom is -0.478 e. The molecule has 0 bridgehead atoms. The molecule has 0 aliphatic rings. The van der Waals surface area contributed by atoms with Gasteiger partial charge in [-0.15, -0.1) is 0 Å². The van der Waals surface area contributed by atoms with Crippen molar-refractivity contribution >= 4 is 22.8 Å². The van der Waals surface area contributed by atoms with Crippen molar-refractivity contribution in [3.05, 3.63) is 77.0 Å². The lowest BCUT2D eigenvalue weighted by Crippen LogP contribution is -2.03. The molecule has 1 heterocycles. The molecule has 0 atom stereocenters. The summed E-state index contributed by atoms with van der Waals surface area (Å²) in [5.41, 5.74) is 2.83. The van der Waals surface area contributed by atoms with Crippen LogP contribution in [0.2, 0.25) is 0 Å². The summed E-state index contributed by atoms with van der Waals surface area (Å²) in [7, 11) is 0. The smallest absolute Gasteiger partial charge is 0.335 e. The molecule has 3 aromatic rings. The standard InChI is InChI=1S/C12H13N.C9H8O4/c1-9(2)11-8-7-10-5-3-4-6-12(10)13-11;1-5-2-3-6(8(10)11)4-7(5)9(12)13/h3-9H,1-2H3;2-4H,1H3,(H,10,11)(H,12,13). The van der Waals surface area contributed by atoms with Crippen LogP contribution in [0.25, 0.3) is 10.9 Å². The number of carboxylic acid groups (broad SMARTS) is 2. The molecule has 134 valence electrons. The van der Waals surface area contributed by atoms with Gasteiger partial charge in [-0.05, 0) is 42.7 Å². The highest BCUT2D eigenvalue weighted by Gasteiger charge is 2.10. The average Bonchev–Trinajstić information content (AvgIpc) is 2.61. The van der Waals surface area contributed by atoms with Gasteiger partial charge >= 0.3 is 11.9 Å². The molecule has 26 heavy (non-hydrogen) atoms. The van der Waals surface area contributed by atoms with Crippen LogP contribution in [0.3, 0.4) is 0 Å². The van der Waals surface area contributed by atoms with Gasteiger partial charge in [0.2, 0.25) is 0 Å². The van der Waals surface area contributed by atoms with E-state index in [1.807, 2.05) is 12.1 Å². The molecule has 0 aliphatic heterocycles. The van der Waals surface area contributed by atoms with E-state index in [4.69, 9.17) is 10.2 Å². The SMILES string of the molecule is CC(C)c1ccc2ccccc2n1.Cc1ccc(C(=O)O)cc1C(=O)O. The molecule has 0 spiro atoms. The zero-order valence-corrected chi connectivity index (χ0v) is 14.9. The maximum absolute atomic E-state index is 10.6. The van der Waals surface area contributed by atoms with E-state index in [-0.39, 0.29) is 11.1 Å². The van der Waals surface area contributed by atoms with E-state index in [0.717, 1.165) is 11.6 Å². The van der Waals surface area contributed by atoms with Crippen LogP contribution in [0.4, 0.5) is 0 Å². The van der Waals surface area contributed by atoms with Crippen molar-refractivity contribution in [1.29, 1.82) is 0 Å². The van der Waals surface area contributed by atoms with Gasteiger partial charge in [0.15, 0.2) is 0 Å². The van der Waals surface area contributed by atoms with Crippen molar-refractivity contribution < 1.29 is 19.8 Å². The molecule has 0 saturated carbocycles. The number of rotatable bonds is 3. The van der Waals surface area contributed by atoms with Crippen LogP contribution in [0.1, 0.15) is 51.7 Å². The average molecular weight is 351 g/mol. The Morgan fingerprint density at radius 1 is 0.923 bits per heavy atom. The van der Waals surface area contributed by atoms with Crippen molar-refractivity contribution in [3.8, 4) is 0 Å². The van der Waals surface area contributed by atoms with Crippen molar-refractivity contribution in [2.45, 2.75) is 26.7 Å². The van der Waals surface area contributed by atoms with Gasteiger partial charge in [0.25, 0.3) is 0 Å². The molecule has 2 N–H and O–H groups in total. The maximum atomic E-state index is 10.6. The Labute approximate surface area is 151 Å². The third kappa shape index (κ3) is 4.66. The lowest BCUT2D eigenvalue weighted by atomic mass is 10.1. The van der Waals surface area contributed by atoms with Gasteiger partial charge in [0, 0.05) is 11.1 Å². The van der Waals surface area contributed by atoms with Crippen LogP contribution in [0.5, 0.6) is 0 Å². The Kier molecular flexibility index (Phi) is 6.07. The summed E-state index contributed by atoms with van der Waals surface area (Å²) in [5.74, 6) is -1.73. The van der Waals surface area contributed by atoms with E-state index in [1.165, 1.54) is 23.2 Å². The quantitative estimate of drug-likeness (QED) is 0.711. The fraction of sp³-hybridized carbons (Fsp3) is 0.190. The summed E-state index contributed by atoms with van der Waals surface area (Å²) in [4.78, 5) is 25.7. The predicted octanol–water partition coefficient (Wildman–Crippen LogP) is 4.75. The molecular weight excluding hydrogens is 330 g/mol. The second-order valence-corrected chi connectivity index (χ2v) is 6.22. The molecule has 0 unspecified atom stereocenters. The summed E-state index contributed by atoms with van der Waals surface area (Å²) < 4.78 is 0. The highest BCUT2D eigenvalue weighted by atomic mass is 16.4. The third-order valence-electron chi connectivity index (χ3n) is 3.93. The number of pyridine rings is 1. The van der Waals surface area contributed by atoms with Crippen molar-refractivity contribution in [1.82, 2.24) is 4.98 Å². The van der Waals surface area contributed by atoms with Crippen molar-refractivity contribution in [2.75, 3.05) is 0 Å². The lowest BCUT2D eigenvalue weighted by molar-refractivity contribution is 0.0695. The normalized spacial score (nSPS) is 10.3. The number of hydrogen-bond donors (Lipinski definition) is 2. The minimum absolute atomic E-state index is 0.0111. The predicted molar refractivity (Wildman–Crippen MR) is 101 cm³/mol.